The molecule has 1 saturated heterocycles. The molecule has 1 aromatic heterocycles. The molecule has 2 rings (SSSR count). The maximum Gasteiger partial charge on any atom is 0.0765 e. The number of rotatable bonds is 2. The lowest BCUT2D eigenvalue weighted by Gasteiger charge is -2.29. The van der Waals surface area contributed by atoms with Gasteiger partial charge in [-0.25, -0.2) is 0 Å². The summed E-state index contributed by atoms with van der Waals surface area (Å²) in [6.07, 6.45) is 2.23. The van der Waals surface area contributed by atoms with Crippen molar-refractivity contribution in [3.05, 3.63) is 17.5 Å². The fourth-order valence-corrected chi connectivity index (χ4v) is 1.90. The second kappa shape index (κ2) is 7.12. The molecule has 0 spiro atoms. The van der Waals surface area contributed by atoms with Crippen LogP contribution in [0.5, 0.6) is 0 Å². The van der Waals surface area contributed by atoms with Crippen molar-refractivity contribution in [1.82, 2.24) is 15.1 Å². The van der Waals surface area contributed by atoms with E-state index in [1.54, 1.807) is 0 Å². The minimum Gasteiger partial charge on any atom is -0.328 e. The molecule has 16 heavy (non-hydrogen) atoms. The molecule has 4 nitrogen and oxygen atoms in total. The highest BCUT2D eigenvalue weighted by Gasteiger charge is 2.16. The summed E-state index contributed by atoms with van der Waals surface area (Å²) in [5.41, 5.74) is 8.12. The summed E-state index contributed by atoms with van der Waals surface area (Å²) in [5, 5.41) is 7.20. The van der Waals surface area contributed by atoms with Crippen LogP contribution in [0.25, 0.3) is 0 Å². The van der Waals surface area contributed by atoms with Gasteiger partial charge in [-0.2, -0.15) is 5.10 Å². The molecule has 1 aromatic rings. The Morgan fingerprint density at radius 2 is 2.06 bits per heavy atom. The SMILES string of the molecule is Cc1cc(CN2CCC(N)CC2)n[nH]1.Cl.Cl. The number of halogens is 2. The quantitative estimate of drug-likeness (QED) is 0.853. The van der Waals surface area contributed by atoms with Crippen LogP contribution in [-0.2, 0) is 6.54 Å². The van der Waals surface area contributed by atoms with Crippen molar-refractivity contribution in [2.75, 3.05) is 13.1 Å². The predicted octanol–water partition coefficient (Wildman–Crippen LogP) is 1.48. The van der Waals surface area contributed by atoms with Gasteiger partial charge in [0.15, 0.2) is 0 Å². The number of nitrogens with one attached hydrogen (secondary N) is 1. The van der Waals surface area contributed by atoms with Crippen molar-refractivity contribution < 1.29 is 0 Å². The molecule has 0 saturated carbocycles. The van der Waals surface area contributed by atoms with Crippen LogP contribution in [0.3, 0.4) is 0 Å². The largest absolute Gasteiger partial charge is 0.328 e. The van der Waals surface area contributed by atoms with E-state index in [-0.39, 0.29) is 24.8 Å². The first-order valence-corrected chi connectivity index (χ1v) is 5.23. The maximum absolute atomic E-state index is 5.85. The Morgan fingerprint density at radius 1 is 1.44 bits per heavy atom. The predicted molar refractivity (Wildman–Crippen MR) is 70.3 cm³/mol. The molecule has 3 N–H and O–H groups in total. The van der Waals surface area contributed by atoms with Crippen molar-refractivity contribution >= 4 is 24.8 Å². The molecule has 0 radical (unpaired) electrons. The summed E-state index contributed by atoms with van der Waals surface area (Å²) >= 11 is 0. The minimum absolute atomic E-state index is 0. The first kappa shape index (κ1) is 15.7. The minimum atomic E-state index is 0. The van der Waals surface area contributed by atoms with Gasteiger partial charge in [0, 0.05) is 31.4 Å². The lowest BCUT2D eigenvalue weighted by atomic mass is 10.1. The highest BCUT2D eigenvalue weighted by molar-refractivity contribution is 5.85. The second-order valence-electron chi connectivity index (χ2n) is 4.16. The molecule has 2 heterocycles. The van der Waals surface area contributed by atoms with Crippen molar-refractivity contribution in [3.8, 4) is 0 Å². The third-order valence-corrected chi connectivity index (χ3v) is 2.78. The van der Waals surface area contributed by atoms with Crippen molar-refractivity contribution in [2.24, 2.45) is 5.73 Å². The molecule has 94 valence electrons. The van der Waals surface area contributed by atoms with Crippen LogP contribution in [0.2, 0.25) is 0 Å². The molecule has 1 aliphatic heterocycles. The zero-order valence-corrected chi connectivity index (χ0v) is 11.1. The van der Waals surface area contributed by atoms with E-state index >= 15 is 0 Å². The lowest BCUT2D eigenvalue weighted by Crippen LogP contribution is -2.39. The van der Waals surface area contributed by atoms with E-state index in [1.165, 1.54) is 0 Å². The Kier molecular flexibility index (Phi) is 6.99. The number of nitrogens with two attached hydrogens (primary N) is 1. The van der Waals surface area contributed by atoms with E-state index in [9.17, 15) is 0 Å². The van der Waals surface area contributed by atoms with Gasteiger partial charge < -0.3 is 5.73 Å². The Bertz CT molecular complexity index is 295. The Morgan fingerprint density at radius 3 is 2.56 bits per heavy atom. The van der Waals surface area contributed by atoms with Crippen molar-refractivity contribution in [3.63, 3.8) is 0 Å². The topological polar surface area (TPSA) is 57.9 Å². The van der Waals surface area contributed by atoms with E-state index in [0.717, 1.165) is 43.9 Å². The van der Waals surface area contributed by atoms with Crippen LogP contribution in [-0.4, -0.2) is 34.2 Å². The van der Waals surface area contributed by atoms with Gasteiger partial charge in [-0.1, -0.05) is 0 Å². The van der Waals surface area contributed by atoms with Crippen LogP contribution in [0.15, 0.2) is 6.07 Å². The van der Waals surface area contributed by atoms with Gasteiger partial charge in [0.05, 0.1) is 5.69 Å². The van der Waals surface area contributed by atoms with E-state index in [1.807, 2.05) is 6.92 Å². The molecule has 0 aromatic carbocycles. The normalized spacial score (nSPS) is 17.6. The number of nitrogens with zero attached hydrogens (tertiary/aromatic N) is 2. The fourth-order valence-electron chi connectivity index (χ4n) is 1.90. The molecule has 0 atom stereocenters. The van der Waals surface area contributed by atoms with Gasteiger partial charge in [-0.15, -0.1) is 24.8 Å². The van der Waals surface area contributed by atoms with E-state index in [4.69, 9.17) is 5.73 Å². The third kappa shape index (κ3) is 4.29. The zero-order chi connectivity index (χ0) is 9.97. The summed E-state index contributed by atoms with van der Waals surface area (Å²) in [4.78, 5) is 2.42. The number of H-pyrrole nitrogens is 1. The summed E-state index contributed by atoms with van der Waals surface area (Å²) in [6, 6.07) is 2.52. The summed E-state index contributed by atoms with van der Waals surface area (Å²) in [7, 11) is 0. The van der Waals surface area contributed by atoms with E-state index in [2.05, 4.69) is 21.2 Å². The molecule has 0 amide bonds. The lowest BCUT2D eigenvalue weighted by molar-refractivity contribution is 0.203. The average molecular weight is 267 g/mol. The maximum atomic E-state index is 5.85. The molecule has 1 aliphatic rings. The Balaban J connectivity index is 0.00000112. The summed E-state index contributed by atoms with van der Waals surface area (Å²) < 4.78 is 0. The smallest absolute Gasteiger partial charge is 0.0765 e. The first-order valence-electron chi connectivity index (χ1n) is 5.23. The number of aryl methyl sites for hydroxylation is 1. The van der Waals surface area contributed by atoms with Crippen molar-refractivity contribution in [2.45, 2.75) is 32.4 Å². The molecule has 0 unspecified atom stereocenters. The average Bonchev–Trinajstić information content (AvgIpc) is 2.56. The van der Waals surface area contributed by atoms with Gasteiger partial charge in [-0.05, 0) is 25.8 Å². The van der Waals surface area contributed by atoms with E-state index < -0.39 is 0 Å². The number of likely N-dealkylation sites (tertiary alicyclic amines) is 1. The van der Waals surface area contributed by atoms with Gasteiger partial charge >= 0.3 is 0 Å². The van der Waals surface area contributed by atoms with Crippen molar-refractivity contribution in [1.29, 1.82) is 0 Å². The second-order valence-corrected chi connectivity index (χ2v) is 4.16. The highest BCUT2D eigenvalue weighted by atomic mass is 35.5. The third-order valence-electron chi connectivity index (χ3n) is 2.78. The Labute approximate surface area is 109 Å². The van der Waals surface area contributed by atoms with E-state index in [0.29, 0.717) is 6.04 Å². The highest BCUT2D eigenvalue weighted by Crippen LogP contribution is 2.11. The van der Waals surface area contributed by atoms with Gasteiger partial charge in [0.25, 0.3) is 0 Å². The monoisotopic (exact) mass is 266 g/mol. The van der Waals surface area contributed by atoms with Gasteiger partial charge in [0.1, 0.15) is 0 Å². The van der Waals surface area contributed by atoms with Crippen LogP contribution in [0.4, 0.5) is 0 Å². The number of aromatic amines is 1. The molecule has 0 aliphatic carbocycles. The molecule has 6 heteroatoms. The number of hydrogen-bond acceptors (Lipinski definition) is 3. The molecule has 1 fully saturated rings. The van der Waals surface area contributed by atoms with Crippen LogP contribution < -0.4 is 5.73 Å². The van der Waals surface area contributed by atoms with Gasteiger partial charge in [0.2, 0.25) is 0 Å². The molecular formula is C10H20Cl2N4. The number of aromatic nitrogens is 2. The Hall–Kier alpha value is -0.290. The standard InChI is InChI=1S/C10H18N4.2ClH/c1-8-6-10(13-12-8)7-14-4-2-9(11)3-5-14;;/h6,9H,2-5,7,11H2,1H3,(H,12,13);2*1H. The van der Waals surface area contributed by atoms with Crippen LogP contribution in [0, 0.1) is 6.92 Å². The van der Waals surface area contributed by atoms with Crippen LogP contribution >= 0.6 is 24.8 Å². The number of hydrogen-bond donors (Lipinski definition) is 2. The number of piperidine rings is 1. The molecular weight excluding hydrogens is 247 g/mol. The fraction of sp³-hybridized carbons (Fsp3) is 0.700. The summed E-state index contributed by atoms with van der Waals surface area (Å²) in [6.45, 7) is 5.19. The van der Waals surface area contributed by atoms with Gasteiger partial charge in [-0.3, -0.25) is 10.00 Å². The molecule has 0 bridgehead atoms. The zero-order valence-electron chi connectivity index (χ0n) is 9.48. The summed E-state index contributed by atoms with van der Waals surface area (Å²) in [5.74, 6) is 0. The first-order chi connectivity index (χ1) is 6.74. The van der Waals surface area contributed by atoms with Crippen LogP contribution in [0.1, 0.15) is 24.2 Å².